The summed E-state index contributed by atoms with van der Waals surface area (Å²) in [5.41, 5.74) is -3.29. The van der Waals surface area contributed by atoms with Gasteiger partial charge < -0.3 is 114 Å². The van der Waals surface area contributed by atoms with Gasteiger partial charge in [-0.15, -0.1) is 0 Å². The summed E-state index contributed by atoms with van der Waals surface area (Å²) in [5.74, 6) is -10.5. The number of aromatic amines is 2. The van der Waals surface area contributed by atoms with Crippen LogP contribution in [0.4, 0.5) is 0 Å². The van der Waals surface area contributed by atoms with E-state index in [2.05, 4.69) is 26.3 Å². The maximum absolute atomic E-state index is 14.5. The zero-order valence-electron chi connectivity index (χ0n) is 54.7. The van der Waals surface area contributed by atoms with Crippen LogP contribution in [0.5, 0.6) is 11.5 Å². The summed E-state index contributed by atoms with van der Waals surface area (Å²) in [4.78, 5) is 136. The molecule has 3 heterocycles. The van der Waals surface area contributed by atoms with Gasteiger partial charge in [-0.1, -0.05) is 73.5 Å². The molecule has 8 rings (SSSR count). The number of halogens is 2. The maximum Gasteiger partial charge on any atom is 0.339 e. The Labute approximate surface area is 585 Å². The van der Waals surface area contributed by atoms with Gasteiger partial charge in [0.25, 0.3) is 11.5 Å². The smallest absolute Gasteiger partial charge is 0.339 e. The van der Waals surface area contributed by atoms with Crippen LogP contribution in [-0.4, -0.2) is 244 Å². The van der Waals surface area contributed by atoms with Crippen molar-refractivity contribution < 1.29 is 127 Å². The summed E-state index contributed by atoms with van der Waals surface area (Å²) in [5, 5.41) is 96.2. The standard InChI is InChI=1S/C65H80Cl2N6O28/c1-29-48(78)50(80)51(81)63(96-29)101-54-39(70-58(83)40-25-44(75)73-65(91)71-40)23-34(24-41(54)98-64-56(100-62(90)31-12-8-5-9-13-31)55(49(79)43(26-74)99-64)97-42(61(88)89)18-30-10-6-4-7-11-30)57(82)69-15-14-68-45(76)27-94-16-17-95-28-46(77)72-47(32-19-35(59(84)85)52(92-2)37(66)21-32)33-20-36(60(86)87)53(93-3)38(67)22-33/h5,8-9,12-13,19-22,25,29-30,34,39,41-43,47-51,54-56,63-64,74,78-81H,4,6-7,10-11,14-18,23-24,26-28H2,1-3H3,(H,68,76)(H,69,82)(H,70,83)(H,72,77)(H,84,85)(H,86,87)(H,88,89)(H2,71,73,75,91)/t29?,34?,39?,41?,42-,43?,48?,49?,50?,51?,54?,55?,56?,63?,64?/m0/s1. The molecule has 3 aromatic carbocycles. The lowest BCUT2D eigenvalue weighted by molar-refractivity contribution is -0.347. The number of hydrogen-bond acceptors (Lipinski definition) is 25. The second-order valence-electron chi connectivity index (χ2n) is 24.3. The van der Waals surface area contributed by atoms with Gasteiger partial charge >= 0.3 is 29.6 Å². The van der Waals surface area contributed by atoms with Crippen LogP contribution < -0.4 is 42.0 Å². The number of carbonyl (C=O) groups excluding carboxylic acids is 5. The van der Waals surface area contributed by atoms with E-state index in [1.807, 2.05) is 4.98 Å². The molecule has 4 fully saturated rings. The molecule has 2 aliphatic carbocycles. The van der Waals surface area contributed by atoms with Gasteiger partial charge in [0.1, 0.15) is 72.8 Å². The molecule has 101 heavy (non-hydrogen) atoms. The highest BCUT2D eigenvalue weighted by atomic mass is 35.5. The quantitative estimate of drug-likeness (QED) is 0.0229. The van der Waals surface area contributed by atoms with Crippen molar-refractivity contribution >= 4 is 70.7 Å². The molecule has 0 radical (unpaired) electrons. The first-order chi connectivity index (χ1) is 48.2. The van der Waals surface area contributed by atoms with Crippen LogP contribution in [0.2, 0.25) is 10.0 Å². The highest BCUT2D eigenvalue weighted by molar-refractivity contribution is 6.33. The van der Waals surface area contributed by atoms with Crippen molar-refractivity contribution in [1.29, 1.82) is 0 Å². The van der Waals surface area contributed by atoms with Crippen molar-refractivity contribution in [3.05, 3.63) is 125 Å². The molecular formula is C65H80Cl2N6O28. The molecule has 34 nitrogen and oxygen atoms in total. The number of aliphatic hydroxyl groups excluding tert-OH is 5. The van der Waals surface area contributed by atoms with Crippen LogP contribution in [0, 0.1) is 11.8 Å². The third-order valence-electron chi connectivity index (χ3n) is 17.4. The predicted molar refractivity (Wildman–Crippen MR) is 346 cm³/mol. The molecule has 14 unspecified atom stereocenters. The Bertz CT molecular complexity index is 3590. The Hall–Kier alpha value is -8.20. The minimum Gasteiger partial charge on any atom is -0.494 e. The van der Waals surface area contributed by atoms with E-state index in [0.29, 0.717) is 12.8 Å². The number of aliphatic hydroxyl groups is 5. The zero-order valence-corrected chi connectivity index (χ0v) is 56.2. The van der Waals surface area contributed by atoms with Gasteiger partial charge in [-0.3, -0.25) is 29.0 Å². The van der Waals surface area contributed by atoms with Crippen molar-refractivity contribution in [3.63, 3.8) is 0 Å². The number of nitrogens with one attached hydrogen (secondary N) is 6. The first-order valence-electron chi connectivity index (χ1n) is 32.1. The van der Waals surface area contributed by atoms with Crippen molar-refractivity contribution in [2.45, 2.75) is 150 Å². The number of hydrogen-bond donors (Lipinski definition) is 14. The summed E-state index contributed by atoms with van der Waals surface area (Å²) in [6.07, 6.45) is -19.8. The van der Waals surface area contributed by atoms with Gasteiger partial charge in [0, 0.05) is 25.1 Å². The molecule has 1 aromatic heterocycles. The number of aromatic carboxylic acids is 2. The average Bonchev–Trinajstić information content (AvgIpc) is 0.776. The number of rotatable bonds is 32. The van der Waals surface area contributed by atoms with Gasteiger partial charge in [0.15, 0.2) is 36.3 Å². The summed E-state index contributed by atoms with van der Waals surface area (Å²) in [6.45, 7) is -1.79. The largest absolute Gasteiger partial charge is 0.494 e. The highest BCUT2D eigenvalue weighted by Gasteiger charge is 2.55. The number of carboxylic acids is 3. The number of esters is 1. The highest BCUT2D eigenvalue weighted by Crippen LogP contribution is 2.41. The second kappa shape index (κ2) is 36.6. The third-order valence-corrected chi connectivity index (χ3v) is 18.0. The van der Waals surface area contributed by atoms with Gasteiger partial charge in [0.2, 0.25) is 17.7 Å². The summed E-state index contributed by atoms with van der Waals surface area (Å²) in [6, 6.07) is 10.3. The molecular weight excluding hydrogens is 1380 g/mol. The number of aromatic nitrogens is 2. The van der Waals surface area contributed by atoms with E-state index in [1.54, 1.807) is 6.07 Å². The minimum absolute atomic E-state index is 0.0234. The number of carbonyl (C=O) groups is 8. The van der Waals surface area contributed by atoms with E-state index in [-0.39, 0.29) is 88.0 Å². The van der Waals surface area contributed by atoms with Gasteiger partial charge in [-0.25, -0.2) is 24.0 Å². The monoisotopic (exact) mass is 1460 g/mol. The Morgan fingerprint density at radius 3 is 1.88 bits per heavy atom. The molecule has 552 valence electrons. The Morgan fingerprint density at radius 1 is 0.683 bits per heavy atom. The zero-order chi connectivity index (χ0) is 73.4. The van der Waals surface area contributed by atoms with Crippen LogP contribution in [-0.2, 0) is 57.1 Å². The van der Waals surface area contributed by atoms with Crippen molar-refractivity contribution in [2.24, 2.45) is 11.8 Å². The van der Waals surface area contributed by atoms with Crippen LogP contribution >= 0.6 is 23.2 Å². The fourth-order valence-corrected chi connectivity index (χ4v) is 13.0. The van der Waals surface area contributed by atoms with E-state index in [0.717, 1.165) is 25.3 Å². The number of amides is 4. The molecule has 4 aromatic rings. The lowest BCUT2D eigenvalue weighted by Gasteiger charge is -2.48. The summed E-state index contributed by atoms with van der Waals surface area (Å²) >= 11 is 12.8. The molecule has 2 aliphatic heterocycles. The molecule has 2 saturated carbocycles. The normalized spacial score (nSPS) is 25.6. The topological polar surface area (TPSA) is 505 Å². The van der Waals surface area contributed by atoms with E-state index < -0.39 is 195 Å². The maximum atomic E-state index is 14.5. The Morgan fingerprint density at radius 2 is 1.30 bits per heavy atom. The predicted octanol–water partition coefficient (Wildman–Crippen LogP) is 0.174. The summed E-state index contributed by atoms with van der Waals surface area (Å²) in [7, 11) is 2.40. The lowest BCUT2D eigenvalue weighted by Crippen LogP contribution is -2.65. The molecule has 36 heteroatoms. The molecule has 0 spiro atoms. The number of H-pyrrole nitrogens is 2. The van der Waals surface area contributed by atoms with Crippen LogP contribution in [0.15, 0.2) is 70.3 Å². The fraction of sp³-hybridized carbons (Fsp3) is 0.538. The number of methoxy groups -OCH3 is 2. The SMILES string of the molecule is COc1c(Cl)cc(C(NC(=O)COCCOCC(=O)NCCNC(=O)C2CC(NC(=O)c3cc(=O)[nH]c(=O)[nH]3)C(OC3OC(C)C(O)C(O)C3O)C(OC3OC(CO)C(O)C(O[C@@H](CC4CCCCC4)C(=O)O)C3OC(=O)c3ccccc3)C2)c2cc(Cl)c(OC)c(C(=O)O)c2)cc1C(=O)O. The second-order valence-corrected chi connectivity index (χ2v) is 25.2. The van der Waals surface area contributed by atoms with E-state index >= 15 is 0 Å². The fourth-order valence-electron chi connectivity index (χ4n) is 12.4. The van der Waals surface area contributed by atoms with Crippen LogP contribution in [0.3, 0.4) is 0 Å². The number of carboxylic acid groups (broad SMARTS) is 3. The molecule has 14 N–H and O–H groups in total. The minimum atomic E-state index is -2.01. The van der Waals surface area contributed by atoms with Crippen molar-refractivity contribution in [3.8, 4) is 11.5 Å². The first kappa shape index (κ1) is 78.5. The lowest BCUT2D eigenvalue weighted by atomic mass is 9.80. The van der Waals surface area contributed by atoms with Crippen molar-refractivity contribution in [1.82, 2.24) is 31.2 Å². The number of aliphatic carboxylic acids is 1. The average molecular weight is 1460 g/mol. The molecule has 4 aliphatic rings. The third kappa shape index (κ3) is 20.5. The summed E-state index contributed by atoms with van der Waals surface area (Å²) < 4.78 is 58.6. The van der Waals surface area contributed by atoms with Crippen LogP contribution in [0.25, 0.3) is 0 Å². The van der Waals surface area contributed by atoms with E-state index in [4.69, 9.17) is 70.6 Å². The molecule has 2 saturated heterocycles. The first-order valence-corrected chi connectivity index (χ1v) is 32.9. The Balaban J connectivity index is 0.971. The van der Waals surface area contributed by atoms with Gasteiger partial charge in [-0.05, 0) is 79.6 Å². The molecule has 0 bridgehead atoms. The van der Waals surface area contributed by atoms with Crippen molar-refractivity contribution in [2.75, 3.05) is 60.3 Å². The molecule has 4 amide bonds. The van der Waals surface area contributed by atoms with Gasteiger partial charge in [-0.2, -0.15) is 0 Å². The Kier molecular flexibility index (Phi) is 28.5. The number of ether oxygens (including phenoxy) is 10. The van der Waals surface area contributed by atoms with Gasteiger partial charge in [0.05, 0.1) is 73.9 Å². The van der Waals surface area contributed by atoms with Crippen LogP contribution in [0.1, 0.15) is 117 Å². The number of benzene rings is 3. The van der Waals surface area contributed by atoms with E-state index in [9.17, 15) is 88.8 Å². The van der Waals surface area contributed by atoms with E-state index in [1.165, 1.54) is 69.7 Å². The molecule has 15 atom stereocenters.